The van der Waals surface area contributed by atoms with Crippen molar-refractivity contribution < 1.29 is 0 Å². The van der Waals surface area contributed by atoms with Crippen LogP contribution in [0.4, 0.5) is 5.69 Å². The quantitative estimate of drug-likeness (QED) is 0.758. The lowest BCUT2D eigenvalue weighted by Gasteiger charge is -2.25. The summed E-state index contributed by atoms with van der Waals surface area (Å²) in [6, 6.07) is 15.5. The highest BCUT2D eigenvalue weighted by Gasteiger charge is 2.15. The molecule has 1 unspecified atom stereocenters. The van der Waals surface area contributed by atoms with E-state index in [0.717, 1.165) is 13.0 Å². The minimum absolute atomic E-state index is 1.12. The number of hydrogen-bond acceptors (Lipinski definition) is 3. The van der Waals surface area contributed by atoms with Crippen LogP contribution in [0.5, 0.6) is 0 Å². The molecule has 0 aliphatic carbocycles. The monoisotopic (exact) mass is 344 g/mol. The minimum atomic E-state index is 1.12. The average molecular weight is 344 g/mol. The fourth-order valence-electron chi connectivity index (χ4n) is 3.01. The lowest BCUT2D eigenvalue weighted by atomic mass is 9.98. The first kappa shape index (κ1) is 16.8. The van der Waals surface area contributed by atoms with E-state index in [1.165, 1.54) is 46.0 Å². The van der Waals surface area contributed by atoms with Crippen molar-refractivity contribution in [1.82, 2.24) is 4.67 Å². The molecule has 2 aromatic carbocycles. The predicted octanol–water partition coefficient (Wildman–Crippen LogP) is 4.48. The summed E-state index contributed by atoms with van der Waals surface area (Å²) in [5, 5.41) is 0. The van der Waals surface area contributed by atoms with Crippen LogP contribution in [0.25, 0.3) is 0 Å². The number of rotatable bonds is 3. The van der Waals surface area contributed by atoms with Crippen molar-refractivity contribution in [3.05, 3.63) is 53.6 Å². The van der Waals surface area contributed by atoms with Crippen LogP contribution in [-0.4, -0.2) is 31.9 Å². The molecular weight excluding hydrogens is 319 g/mol. The van der Waals surface area contributed by atoms with Crippen LogP contribution in [0.15, 0.2) is 52.3 Å². The van der Waals surface area contributed by atoms with Crippen LogP contribution in [0, 0.1) is 0 Å². The summed E-state index contributed by atoms with van der Waals surface area (Å²) in [5.41, 5.74) is 4.37. The number of anilines is 1. The maximum atomic E-state index is 2.86. The van der Waals surface area contributed by atoms with Crippen LogP contribution in [0.3, 0.4) is 0 Å². The highest BCUT2D eigenvalue weighted by atomic mass is 32.2. The van der Waals surface area contributed by atoms with Gasteiger partial charge in [0.2, 0.25) is 0 Å². The molecule has 0 N–H and O–H groups in total. The molecule has 1 atom stereocenters. The van der Waals surface area contributed by atoms with Crippen LogP contribution in [0.1, 0.15) is 17.5 Å². The molecule has 23 heavy (non-hydrogen) atoms. The third kappa shape index (κ3) is 4.29. The van der Waals surface area contributed by atoms with Crippen LogP contribution >= 0.6 is 21.2 Å². The molecule has 4 heteroatoms. The zero-order valence-electron chi connectivity index (χ0n) is 14.0. The van der Waals surface area contributed by atoms with Gasteiger partial charge in [-0.05, 0) is 54.7 Å². The van der Waals surface area contributed by atoms with Gasteiger partial charge in [-0.1, -0.05) is 39.4 Å². The van der Waals surface area contributed by atoms with Gasteiger partial charge in [0.1, 0.15) is 0 Å². The van der Waals surface area contributed by atoms with Crippen LogP contribution in [0.2, 0.25) is 0 Å². The highest BCUT2D eigenvalue weighted by Crippen LogP contribution is 2.37. The molecule has 0 bridgehead atoms. The molecule has 0 saturated carbocycles. The van der Waals surface area contributed by atoms with Crippen LogP contribution in [-0.2, 0) is 12.8 Å². The Balaban J connectivity index is 1.96. The third-order valence-electron chi connectivity index (χ3n) is 4.29. The van der Waals surface area contributed by atoms with Gasteiger partial charge in [0, 0.05) is 37.0 Å². The predicted molar refractivity (Wildman–Crippen MR) is 105 cm³/mol. The zero-order chi connectivity index (χ0) is 16.2. The first-order valence-electron chi connectivity index (χ1n) is 8.19. The van der Waals surface area contributed by atoms with Crippen molar-refractivity contribution in [3.63, 3.8) is 0 Å². The Morgan fingerprint density at radius 1 is 1.00 bits per heavy atom. The Bertz CT molecular complexity index is 658. The van der Waals surface area contributed by atoms with Crippen molar-refractivity contribution in [2.75, 3.05) is 32.1 Å². The van der Waals surface area contributed by atoms with Gasteiger partial charge >= 0.3 is 0 Å². The molecule has 0 radical (unpaired) electrons. The maximum Gasteiger partial charge on any atom is 0.0505 e. The minimum Gasteiger partial charge on any atom is -0.377 e. The number of fused-ring (bicyclic) bond motifs is 1. The van der Waals surface area contributed by atoms with Crippen molar-refractivity contribution >= 4 is 26.8 Å². The fourth-order valence-corrected chi connectivity index (χ4v) is 4.42. The van der Waals surface area contributed by atoms with Crippen molar-refractivity contribution in [2.45, 2.75) is 29.1 Å². The van der Waals surface area contributed by atoms with E-state index in [1.807, 2.05) is 11.8 Å². The Morgan fingerprint density at radius 2 is 1.74 bits per heavy atom. The van der Waals surface area contributed by atoms with E-state index in [-0.39, 0.29) is 0 Å². The maximum absolute atomic E-state index is 2.86. The lowest BCUT2D eigenvalue weighted by Crippen LogP contribution is -2.21. The molecule has 2 nitrogen and oxygen atoms in total. The van der Waals surface area contributed by atoms with E-state index < -0.39 is 0 Å². The van der Waals surface area contributed by atoms with Gasteiger partial charge in [0.25, 0.3) is 0 Å². The Hall–Kier alpha value is -1.02. The van der Waals surface area contributed by atoms with Gasteiger partial charge < -0.3 is 4.90 Å². The van der Waals surface area contributed by atoms with Gasteiger partial charge in [-0.2, -0.15) is 0 Å². The summed E-state index contributed by atoms with van der Waals surface area (Å²) in [4.78, 5) is 4.91. The Morgan fingerprint density at radius 3 is 2.48 bits per heavy atom. The SMILES string of the molecule is CN(C)c1cc2c(cc1Sc1ccccc1)CCCN(P)CC2. The molecule has 0 amide bonds. The highest BCUT2D eigenvalue weighted by molar-refractivity contribution is 7.99. The summed E-state index contributed by atoms with van der Waals surface area (Å²) in [6.07, 6.45) is 3.54. The van der Waals surface area contributed by atoms with Crippen molar-refractivity contribution in [2.24, 2.45) is 0 Å². The lowest BCUT2D eigenvalue weighted by molar-refractivity contribution is 0.451. The number of hydrogen-bond donors (Lipinski definition) is 0. The summed E-state index contributed by atoms with van der Waals surface area (Å²) in [7, 11) is 7.14. The van der Waals surface area contributed by atoms with Crippen LogP contribution < -0.4 is 4.90 Å². The number of nitrogens with zero attached hydrogens (tertiary/aromatic N) is 2. The molecule has 0 fully saturated rings. The second-order valence-electron chi connectivity index (χ2n) is 6.29. The molecular formula is C19H25N2PS. The first-order valence-corrected chi connectivity index (χ1v) is 9.52. The second kappa shape index (κ2) is 7.70. The van der Waals surface area contributed by atoms with Gasteiger partial charge in [-0.15, -0.1) is 0 Å². The summed E-state index contributed by atoms with van der Waals surface area (Å²) >= 11 is 1.87. The van der Waals surface area contributed by atoms with E-state index >= 15 is 0 Å². The number of aryl methyl sites for hydroxylation is 1. The van der Waals surface area contributed by atoms with Crippen molar-refractivity contribution in [3.8, 4) is 0 Å². The fraction of sp³-hybridized carbons (Fsp3) is 0.368. The van der Waals surface area contributed by atoms with Gasteiger partial charge in [0.15, 0.2) is 0 Å². The summed E-state index contributed by atoms with van der Waals surface area (Å²) in [6.45, 7) is 2.29. The molecule has 122 valence electrons. The smallest absolute Gasteiger partial charge is 0.0505 e. The van der Waals surface area contributed by atoms with E-state index in [0.29, 0.717) is 0 Å². The number of benzene rings is 2. The van der Waals surface area contributed by atoms with Gasteiger partial charge in [0.05, 0.1) is 5.69 Å². The van der Waals surface area contributed by atoms with E-state index in [1.54, 1.807) is 0 Å². The van der Waals surface area contributed by atoms with Crippen molar-refractivity contribution in [1.29, 1.82) is 0 Å². The average Bonchev–Trinajstić information content (AvgIpc) is 2.53. The largest absolute Gasteiger partial charge is 0.377 e. The van der Waals surface area contributed by atoms with E-state index in [2.05, 4.69) is 75.5 Å². The first-order chi connectivity index (χ1) is 11.1. The molecule has 2 aromatic rings. The normalized spacial score (nSPS) is 15.6. The van der Waals surface area contributed by atoms with E-state index in [4.69, 9.17) is 0 Å². The topological polar surface area (TPSA) is 6.48 Å². The molecule has 3 rings (SSSR count). The molecule has 0 aromatic heterocycles. The molecule has 1 heterocycles. The molecule has 0 spiro atoms. The molecule has 0 saturated heterocycles. The zero-order valence-corrected chi connectivity index (χ0v) is 15.9. The van der Waals surface area contributed by atoms with Gasteiger partial charge in [-0.3, -0.25) is 4.67 Å². The van der Waals surface area contributed by atoms with Gasteiger partial charge in [-0.25, -0.2) is 0 Å². The standard InChI is InChI=1S/C19H25N2PS/c1-20(2)18-13-16-10-12-21(22)11-6-7-15(16)14-19(18)23-17-8-4-3-5-9-17/h3-5,8-9,13-14H,6-7,10-12,22H2,1-2H3. The Kier molecular flexibility index (Phi) is 5.63. The summed E-state index contributed by atoms with van der Waals surface area (Å²) < 4.78 is 2.37. The third-order valence-corrected chi connectivity index (χ3v) is 5.86. The van der Waals surface area contributed by atoms with E-state index in [9.17, 15) is 0 Å². The molecule has 1 aliphatic heterocycles. The second-order valence-corrected chi connectivity index (χ2v) is 8.13. The molecule has 1 aliphatic rings. The Labute approximate surface area is 146 Å². The summed E-state index contributed by atoms with van der Waals surface area (Å²) in [5.74, 6) is 0.